The molecule has 5 heteroatoms. The fourth-order valence-electron chi connectivity index (χ4n) is 1.51. The van der Waals surface area contributed by atoms with Crippen LogP contribution in [0.5, 0.6) is 0 Å². The van der Waals surface area contributed by atoms with E-state index in [1.165, 1.54) is 18.2 Å². The Morgan fingerprint density at radius 1 is 0.944 bits per heavy atom. The van der Waals surface area contributed by atoms with Gasteiger partial charge >= 0.3 is 0 Å². The number of carbonyl (C=O) groups excluding carboxylic acids is 1. The summed E-state index contributed by atoms with van der Waals surface area (Å²) in [4.78, 5) is 12.0. The molecule has 2 aromatic carbocycles. The topological polar surface area (TPSA) is 17.1 Å². The zero-order chi connectivity index (χ0) is 13.3. The standard InChI is InChI=1S/C13H6Cl2F2O/c14-8-1-2-12(17)11(6-8)13(18)7-3-9(15)5-10(16)4-7/h1-6H. The van der Waals surface area contributed by atoms with Crippen molar-refractivity contribution in [2.45, 2.75) is 0 Å². The van der Waals surface area contributed by atoms with Gasteiger partial charge in [-0.25, -0.2) is 8.78 Å². The first-order chi connectivity index (χ1) is 8.47. The van der Waals surface area contributed by atoms with E-state index in [-0.39, 0.29) is 21.2 Å². The van der Waals surface area contributed by atoms with E-state index in [9.17, 15) is 13.6 Å². The predicted molar refractivity (Wildman–Crippen MR) is 66.3 cm³/mol. The number of carbonyl (C=O) groups is 1. The summed E-state index contributed by atoms with van der Waals surface area (Å²) in [5.74, 6) is -2.05. The lowest BCUT2D eigenvalue weighted by Crippen LogP contribution is -2.04. The summed E-state index contributed by atoms with van der Waals surface area (Å²) in [6.07, 6.45) is 0. The highest BCUT2D eigenvalue weighted by molar-refractivity contribution is 6.32. The Balaban J connectivity index is 2.51. The van der Waals surface area contributed by atoms with E-state index in [4.69, 9.17) is 23.2 Å². The molecule has 2 aromatic rings. The lowest BCUT2D eigenvalue weighted by Gasteiger charge is -2.04. The zero-order valence-corrected chi connectivity index (χ0v) is 10.4. The molecule has 0 spiro atoms. The molecule has 0 bridgehead atoms. The van der Waals surface area contributed by atoms with Gasteiger partial charge in [0.05, 0.1) is 5.56 Å². The van der Waals surface area contributed by atoms with Crippen molar-refractivity contribution < 1.29 is 13.6 Å². The van der Waals surface area contributed by atoms with Crippen LogP contribution in [-0.2, 0) is 0 Å². The van der Waals surface area contributed by atoms with Crippen LogP contribution in [0.25, 0.3) is 0 Å². The van der Waals surface area contributed by atoms with Gasteiger partial charge in [-0.15, -0.1) is 0 Å². The second kappa shape index (κ2) is 5.04. The van der Waals surface area contributed by atoms with Gasteiger partial charge < -0.3 is 0 Å². The highest BCUT2D eigenvalue weighted by Crippen LogP contribution is 2.21. The molecular weight excluding hydrogens is 281 g/mol. The molecule has 0 N–H and O–H groups in total. The molecular formula is C13H6Cl2F2O. The summed E-state index contributed by atoms with van der Waals surface area (Å²) in [6, 6.07) is 6.93. The molecule has 0 aliphatic carbocycles. The van der Waals surface area contributed by atoms with Crippen LogP contribution in [0.3, 0.4) is 0 Å². The van der Waals surface area contributed by atoms with Crippen LogP contribution >= 0.6 is 23.2 Å². The van der Waals surface area contributed by atoms with Crippen molar-refractivity contribution >= 4 is 29.0 Å². The molecule has 0 atom stereocenters. The Kier molecular flexibility index (Phi) is 3.64. The summed E-state index contributed by atoms with van der Waals surface area (Å²) in [5.41, 5.74) is -0.245. The average molecular weight is 287 g/mol. The number of rotatable bonds is 2. The van der Waals surface area contributed by atoms with Crippen LogP contribution in [0.4, 0.5) is 8.78 Å². The van der Waals surface area contributed by atoms with E-state index in [1.807, 2.05) is 0 Å². The van der Waals surface area contributed by atoms with Crippen molar-refractivity contribution in [1.82, 2.24) is 0 Å². The summed E-state index contributed by atoms with van der Waals surface area (Å²) in [7, 11) is 0. The molecule has 0 aromatic heterocycles. The van der Waals surface area contributed by atoms with E-state index in [0.29, 0.717) is 0 Å². The van der Waals surface area contributed by atoms with E-state index in [1.54, 1.807) is 0 Å². The second-order valence-electron chi connectivity index (χ2n) is 3.61. The van der Waals surface area contributed by atoms with Crippen molar-refractivity contribution in [3.63, 3.8) is 0 Å². The van der Waals surface area contributed by atoms with Crippen molar-refractivity contribution in [1.29, 1.82) is 0 Å². The first-order valence-corrected chi connectivity index (χ1v) is 5.69. The molecule has 18 heavy (non-hydrogen) atoms. The van der Waals surface area contributed by atoms with Crippen LogP contribution in [-0.4, -0.2) is 5.78 Å². The van der Waals surface area contributed by atoms with Gasteiger partial charge in [-0.1, -0.05) is 23.2 Å². The molecule has 0 heterocycles. The molecule has 0 aliphatic heterocycles. The van der Waals surface area contributed by atoms with Crippen LogP contribution in [0.15, 0.2) is 36.4 Å². The third-order valence-corrected chi connectivity index (χ3v) is 2.75. The first kappa shape index (κ1) is 13.0. The lowest BCUT2D eigenvalue weighted by molar-refractivity contribution is 0.103. The van der Waals surface area contributed by atoms with Crippen LogP contribution < -0.4 is 0 Å². The maximum Gasteiger partial charge on any atom is 0.196 e. The third-order valence-electron chi connectivity index (χ3n) is 2.30. The Morgan fingerprint density at radius 2 is 1.67 bits per heavy atom. The molecule has 0 saturated carbocycles. The van der Waals surface area contributed by atoms with Gasteiger partial charge in [-0.05, 0) is 36.4 Å². The molecule has 0 saturated heterocycles. The average Bonchev–Trinajstić information content (AvgIpc) is 2.30. The molecule has 92 valence electrons. The van der Waals surface area contributed by atoms with E-state index >= 15 is 0 Å². The van der Waals surface area contributed by atoms with Crippen LogP contribution in [0.2, 0.25) is 10.0 Å². The Bertz CT molecular complexity index is 606. The molecule has 1 nitrogen and oxygen atoms in total. The molecule has 0 fully saturated rings. The van der Waals surface area contributed by atoms with E-state index < -0.39 is 17.4 Å². The highest BCUT2D eigenvalue weighted by Gasteiger charge is 2.15. The lowest BCUT2D eigenvalue weighted by atomic mass is 10.0. The third kappa shape index (κ3) is 2.68. The number of halogens is 4. The van der Waals surface area contributed by atoms with Gasteiger partial charge in [0.1, 0.15) is 11.6 Å². The SMILES string of the molecule is O=C(c1cc(F)cc(Cl)c1)c1cc(Cl)ccc1F. The number of hydrogen-bond acceptors (Lipinski definition) is 1. The number of hydrogen-bond donors (Lipinski definition) is 0. The molecule has 2 rings (SSSR count). The quantitative estimate of drug-likeness (QED) is 0.743. The Hall–Kier alpha value is -1.45. The maximum atomic E-state index is 13.5. The van der Waals surface area contributed by atoms with Gasteiger partial charge in [-0.2, -0.15) is 0 Å². The summed E-state index contributed by atoms with van der Waals surface area (Å²) in [6.45, 7) is 0. The van der Waals surface area contributed by atoms with Crippen molar-refractivity contribution in [3.05, 3.63) is 69.2 Å². The van der Waals surface area contributed by atoms with Gasteiger partial charge in [0.2, 0.25) is 0 Å². The van der Waals surface area contributed by atoms with Gasteiger partial charge in [0.25, 0.3) is 0 Å². The minimum absolute atomic E-state index is 0.0267. The largest absolute Gasteiger partial charge is 0.288 e. The first-order valence-electron chi connectivity index (χ1n) is 4.93. The van der Waals surface area contributed by atoms with E-state index in [2.05, 4.69) is 0 Å². The zero-order valence-electron chi connectivity index (χ0n) is 8.88. The minimum atomic E-state index is -0.718. The predicted octanol–water partition coefficient (Wildman–Crippen LogP) is 4.50. The van der Waals surface area contributed by atoms with Crippen LogP contribution in [0.1, 0.15) is 15.9 Å². The minimum Gasteiger partial charge on any atom is -0.288 e. The van der Waals surface area contributed by atoms with Gasteiger partial charge in [-0.3, -0.25) is 4.79 Å². The number of ketones is 1. The molecule has 0 radical (unpaired) electrons. The van der Waals surface area contributed by atoms with Crippen molar-refractivity contribution in [3.8, 4) is 0 Å². The smallest absolute Gasteiger partial charge is 0.196 e. The second-order valence-corrected chi connectivity index (χ2v) is 4.48. The van der Waals surface area contributed by atoms with E-state index in [0.717, 1.165) is 18.2 Å². The molecule has 0 aliphatic rings. The Morgan fingerprint density at radius 3 is 2.33 bits per heavy atom. The van der Waals surface area contributed by atoms with Crippen molar-refractivity contribution in [2.75, 3.05) is 0 Å². The fourth-order valence-corrected chi connectivity index (χ4v) is 1.91. The summed E-state index contributed by atoms with van der Waals surface area (Å²) < 4.78 is 26.6. The maximum absolute atomic E-state index is 13.5. The molecule has 0 unspecified atom stereocenters. The summed E-state index contributed by atoms with van der Waals surface area (Å²) in [5, 5.41) is 0.294. The van der Waals surface area contributed by atoms with Gasteiger partial charge in [0.15, 0.2) is 5.78 Å². The fraction of sp³-hybridized carbons (Fsp3) is 0. The van der Waals surface area contributed by atoms with Crippen LogP contribution in [0, 0.1) is 11.6 Å². The van der Waals surface area contributed by atoms with Gasteiger partial charge in [0, 0.05) is 15.6 Å². The number of benzene rings is 2. The monoisotopic (exact) mass is 286 g/mol. The van der Waals surface area contributed by atoms with Crippen molar-refractivity contribution in [2.24, 2.45) is 0 Å². The summed E-state index contributed by atoms with van der Waals surface area (Å²) >= 11 is 11.3. The Labute approximate surface area is 112 Å². The normalized spacial score (nSPS) is 10.4. The highest BCUT2D eigenvalue weighted by atomic mass is 35.5. The molecule has 0 amide bonds.